The van der Waals surface area contributed by atoms with Crippen LogP contribution in [0.3, 0.4) is 0 Å². The molecule has 74 valence electrons. The number of esters is 1. The molecule has 0 spiro atoms. The van der Waals surface area contributed by atoms with E-state index in [1.54, 1.807) is 0 Å². The third kappa shape index (κ3) is 3.47. The first-order valence-corrected chi connectivity index (χ1v) is 5.53. The van der Waals surface area contributed by atoms with Crippen LogP contribution in [0.5, 0.6) is 0 Å². The standard InChI is InChI=1S/C7H11IN2O3/c8-5-6(11)13-7(12)10-3-1-9-2-4-10/h9H,1-5H2. The summed E-state index contributed by atoms with van der Waals surface area (Å²) in [5.74, 6) is -0.482. The molecule has 0 radical (unpaired) electrons. The van der Waals surface area contributed by atoms with Crippen molar-refractivity contribution < 1.29 is 14.3 Å². The highest BCUT2D eigenvalue weighted by molar-refractivity contribution is 14.1. The van der Waals surface area contributed by atoms with Crippen LogP contribution in [0.4, 0.5) is 4.79 Å². The van der Waals surface area contributed by atoms with Gasteiger partial charge in [0.1, 0.15) is 0 Å². The SMILES string of the molecule is O=C(CI)OC(=O)N1CCNCC1. The molecule has 1 aliphatic rings. The largest absolute Gasteiger partial charge is 0.417 e. The van der Waals surface area contributed by atoms with Gasteiger partial charge in [-0.2, -0.15) is 0 Å². The summed E-state index contributed by atoms with van der Waals surface area (Å²) in [5.41, 5.74) is 0. The second kappa shape index (κ2) is 5.38. The van der Waals surface area contributed by atoms with E-state index in [1.165, 1.54) is 4.90 Å². The molecule has 0 unspecified atom stereocenters. The van der Waals surface area contributed by atoms with Gasteiger partial charge >= 0.3 is 12.1 Å². The van der Waals surface area contributed by atoms with Crippen molar-refractivity contribution in [2.24, 2.45) is 0 Å². The number of nitrogens with zero attached hydrogens (tertiary/aromatic N) is 1. The summed E-state index contributed by atoms with van der Waals surface area (Å²) in [6, 6.07) is 0. The summed E-state index contributed by atoms with van der Waals surface area (Å²) in [6.07, 6.45) is -0.525. The van der Waals surface area contributed by atoms with E-state index in [4.69, 9.17) is 0 Å². The lowest BCUT2D eigenvalue weighted by atomic mass is 10.4. The average Bonchev–Trinajstić information content (AvgIpc) is 2.19. The van der Waals surface area contributed by atoms with Crippen LogP contribution in [-0.2, 0) is 9.53 Å². The molecule has 1 saturated heterocycles. The molecule has 1 N–H and O–H groups in total. The van der Waals surface area contributed by atoms with Crippen molar-refractivity contribution >= 4 is 34.7 Å². The van der Waals surface area contributed by atoms with Gasteiger partial charge in [-0.05, 0) is 0 Å². The maximum atomic E-state index is 11.2. The molecule has 1 aliphatic heterocycles. The molecule has 0 saturated carbocycles. The molecule has 1 rings (SSSR count). The van der Waals surface area contributed by atoms with Gasteiger partial charge in [-0.15, -0.1) is 0 Å². The molecule has 0 bridgehead atoms. The number of carbonyl (C=O) groups is 2. The van der Waals surface area contributed by atoms with Crippen LogP contribution in [0.15, 0.2) is 0 Å². The fourth-order valence-electron chi connectivity index (χ4n) is 1.04. The fraction of sp³-hybridized carbons (Fsp3) is 0.714. The number of piperazine rings is 1. The number of carbonyl (C=O) groups excluding carboxylic acids is 2. The average molecular weight is 298 g/mol. The van der Waals surface area contributed by atoms with Gasteiger partial charge in [0, 0.05) is 26.2 Å². The monoisotopic (exact) mass is 298 g/mol. The predicted octanol–water partition coefficient (Wildman–Crippen LogP) is -0.0102. The number of hydrogen-bond acceptors (Lipinski definition) is 4. The van der Waals surface area contributed by atoms with Crippen molar-refractivity contribution in [3.05, 3.63) is 0 Å². The van der Waals surface area contributed by atoms with Gasteiger partial charge in [0.15, 0.2) is 0 Å². The van der Waals surface area contributed by atoms with E-state index in [9.17, 15) is 9.59 Å². The minimum absolute atomic E-state index is 0.204. The van der Waals surface area contributed by atoms with E-state index in [-0.39, 0.29) is 4.43 Å². The molecule has 1 heterocycles. The summed E-state index contributed by atoms with van der Waals surface area (Å²) in [7, 11) is 0. The maximum absolute atomic E-state index is 11.2. The summed E-state index contributed by atoms with van der Waals surface area (Å²) in [4.78, 5) is 23.5. The lowest BCUT2D eigenvalue weighted by Gasteiger charge is -2.25. The first kappa shape index (κ1) is 10.7. The Hall–Kier alpha value is -0.370. The van der Waals surface area contributed by atoms with Crippen LogP contribution in [0.25, 0.3) is 0 Å². The Balaban J connectivity index is 2.33. The number of ether oxygens (including phenoxy) is 1. The van der Waals surface area contributed by atoms with Gasteiger partial charge < -0.3 is 15.0 Å². The normalized spacial score (nSPS) is 16.8. The second-order valence-corrected chi connectivity index (χ2v) is 3.37. The molecule has 0 aromatic heterocycles. The molecule has 13 heavy (non-hydrogen) atoms. The van der Waals surface area contributed by atoms with Crippen molar-refractivity contribution in [2.75, 3.05) is 30.6 Å². The number of rotatable bonds is 1. The van der Waals surface area contributed by atoms with E-state index in [2.05, 4.69) is 10.1 Å². The fourth-order valence-corrected chi connectivity index (χ4v) is 1.19. The van der Waals surface area contributed by atoms with Crippen molar-refractivity contribution in [3.8, 4) is 0 Å². The van der Waals surface area contributed by atoms with Crippen LogP contribution in [0, 0.1) is 0 Å². The molecule has 0 aromatic rings. The van der Waals surface area contributed by atoms with Crippen LogP contribution in [0.2, 0.25) is 0 Å². The molecule has 0 aromatic carbocycles. The number of alkyl halides is 1. The van der Waals surface area contributed by atoms with E-state index in [1.807, 2.05) is 22.6 Å². The molecular formula is C7H11IN2O3. The van der Waals surface area contributed by atoms with Crippen LogP contribution < -0.4 is 5.32 Å². The Labute approximate surface area is 89.9 Å². The van der Waals surface area contributed by atoms with Crippen molar-refractivity contribution in [3.63, 3.8) is 0 Å². The lowest BCUT2D eigenvalue weighted by Crippen LogP contribution is -2.47. The molecule has 1 fully saturated rings. The summed E-state index contributed by atoms with van der Waals surface area (Å²) >= 11 is 1.86. The number of nitrogens with one attached hydrogen (secondary N) is 1. The van der Waals surface area contributed by atoms with Crippen molar-refractivity contribution in [1.82, 2.24) is 10.2 Å². The zero-order valence-electron chi connectivity index (χ0n) is 7.09. The van der Waals surface area contributed by atoms with Gasteiger partial charge in [-0.3, -0.25) is 4.79 Å². The molecule has 6 heteroatoms. The highest BCUT2D eigenvalue weighted by Crippen LogP contribution is 1.98. The topological polar surface area (TPSA) is 58.6 Å². The maximum Gasteiger partial charge on any atom is 0.417 e. The highest BCUT2D eigenvalue weighted by atomic mass is 127. The van der Waals surface area contributed by atoms with Gasteiger partial charge in [0.2, 0.25) is 0 Å². The van der Waals surface area contributed by atoms with Gasteiger partial charge in [-0.1, -0.05) is 22.6 Å². The number of hydrogen-bond donors (Lipinski definition) is 1. The zero-order valence-corrected chi connectivity index (χ0v) is 9.24. The van der Waals surface area contributed by atoms with Gasteiger partial charge in [0.25, 0.3) is 0 Å². The Morgan fingerprint density at radius 3 is 2.54 bits per heavy atom. The summed E-state index contributed by atoms with van der Waals surface area (Å²) < 4.78 is 4.76. The van der Waals surface area contributed by atoms with Crippen molar-refractivity contribution in [2.45, 2.75) is 0 Å². The Kier molecular flexibility index (Phi) is 4.43. The van der Waals surface area contributed by atoms with Crippen LogP contribution in [0.1, 0.15) is 0 Å². The zero-order chi connectivity index (χ0) is 9.68. The highest BCUT2D eigenvalue weighted by Gasteiger charge is 2.19. The molecule has 5 nitrogen and oxygen atoms in total. The van der Waals surface area contributed by atoms with Gasteiger partial charge in [0.05, 0.1) is 4.43 Å². The predicted molar refractivity (Wildman–Crippen MR) is 54.8 cm³/mol. The minimum atomic E-state index is -0.525. The number of amides is 1. The van der Waals surface area contributed by atoms with E-state index in [0.717, 1.165) is 13.1 Å². The number of halogens is 1. The van der Waals surface area contributed by atoms with E-state index >= 15 is 0 Å². The van der Waals surface area contributed by atoms with Crippen LogP contribution >= 0.6 is 22.6 Å². The Bertz CT molecular complexity index is 204. The molecule has 1 amide bonds. The lowest BCUT2D eigenvalue weighted by molar-refractivity contribution is -0.135. The van der Waals surface area contributed by atoms with Crippen molar-refractivity contribution in [1.29, 1.82) is 0 Å². The first-order valence-electron chi connectivity index (χ1n) is 4.00. The van der Waals surface area contributed by atoms with Gasteiger partial charge in [-0.25, -0.2) is 4.79 Å². The Morgan fingerprint density at radius 2 is 2.00 bits per heavy atom. The van der Waals surface area contributed by atoms with E-state index < -0.39 is 12.1 Å². The van der Waals surface area contributed by atoms with E-state index in [0.29, 0.717) is 13.1 Å². The molecule has 0 aliphatic carbocycles. The second-order valence-electron chi connectivity index (χ2n) is 2.61. The first-order chi connectivity index (χ1) is 6.24. The minimum Gasteiger partial charge on any atom is -0.376 e. The third-order valence-corrected chi connectivity index (χ3v) is 2.31. The summed E-state index contributed by atoms with van der Waals surface area (Å²) in [5, 5.41) is 3.10. The molecule has 0 atom stereocenters. The van der Waals surface area contributed by atoms with Crippen LogP contribution in [-0.4, -0.2) is 47.6 Å². The smallest absolute Gasteiger partial charge is 0.376 e. The Morgan fingerprint density at radius 1 is 1.38 bits per heavy atom. The quantitative estimate of drug-likeness (QED) is 0.320. The molecular weight excluding hydrogens is 287 g/mol. The third-order valence-electron chi connectivity index (χ3n) is 1.69. The summed E-state index contributed by atoms with van der Waals surface area (Å²) in [6.45, 7) is 2.72.